The molecule has 0 saturated heterocycles. The molecule has 0 fully saturated rings. The van der Waals surface area contributed by atoms with Crippen molar-refractivity contribution in [3.05, 3.63) is 28.9 Å². The van der Waals surface area contributed by atoms with Crippen LogP contribution in [0.15, 0.2) is 18.2 Å². The van der Waals surface area contributed by atoms with Crippen molar-refractivity contribution < 1.29 is 4.74 Å². The zero-order valence-corrected chi connectivity index (χ0v) is 11.2. The summed E-state index contributed by atoms with van der Waals surface area (Å²) in [5.41, 5.74) is 2.90. The molecule has 0 unspecified atom stereocenters. The zero-order valence-electron chi connectivity index (χ0n) is 10.4. The summed E-state index contributed by atoms with van der Waals surface area (Å²) in [5.74, 6) is 1.36. The predicted molar refractivity (Wildman–Crippen MR) is 73.2 cm³/mol. The molecule has 0 radical (unpaired) electrons. The van der Waals surface area contributed by atoms with Gasteiger partial charge in [0, 0.05) is 22.2 Å². The topological polar surface area (TPSA) is 74.6 Å². The van der Waals surface area contributed by atoms with Crippen LogP contribution >= 0.6 is 11.5 Å². The number of aryl methyl sites for hydroxylation is 1. The lowest BCUT2D eigenvalue weighted by Crippen LogP contribution is -1.84. The molecule has 0 bridgehead atoms. The van der Waals surface area contributed by atoms with Gasteiger partial charge in [0.05, 0.1) is 7.11 Å². The standard InChI is InChI=1S/C13H10N4OS/c1-7-12(13-16-11(6-14)19-17-13)9-5-8(18-2)3-4-10(9)15-7/h3-5,15H,1-2H3. The number of aromatic amines is 1. The fraction of sp³-hybridized carbons (Fsp3) is 0.154. The highest BCUT2D eigenvalue weighted by Gasteiger charge is 2.15. The molecule has 0 aliphatic rings. The Morgan fingerprint density at radius 3 is 2.95 bits per heavy atom. The van der Waals surface area contributed by atoms with E-state index in [0.29, 0.717) is 10.8 Å². The van der Waals surface area contributed by atoms with Crippen molar-refractivity contribution >= 4 is 22.4 Å². The second-order valence-corrected chi connectivity index (χ2v) is 4.82. The number of hydrogen-bond acceptors (Lipinski definition) is 5. The SMILES string of the molecule is COc1ccc2[nH]c(C)c(-c3nsc(C#N)n3)c2c1. The summed E-state index contributed by atoms with van der Waals surface area (Å²) in [6.07, 6.45) is 0. The van der Waals surface area contributed by atoms with E-state index in [-0.39, 0.29) is 0 Å². The minimum absolute atomic E-state index is 0.367. The maximum Gasteiger partial charge on any atom is 0.214 e. The Labute approximate surface area is 113 Å². The van der Waals surface area contributed by atoms with E-state index in [1.165, 1.54) is 0 Å². The van der Waals surface area contributed by atoms with Gasteiger partial charge in [0.15, 0.2) is 5.82 Å². The van der Waals surface area contributed by atoms with Crippen LogP contribution in [0.1, 0.15) is 10.7 Å². The molecule has 0 amide bonds. The van der Waals surface area contributed by atoms with Crippen molar-refractivity contribution in [2.24, 2.45) is 0 Å². The fourth-order valence-corrected chi connectivity index (χ4v) is 2.56. The number of aromatic nitrogens is 3. The number of H-pyrrole nitrogens is 1. The number of benzene rings is 1. The van der Waals surface area contributed by atoms with Gasteiger partial charge < -0.3 is 9.72 Å². The Bertz CT molecular complexity index is 797. The van der Waals surface area contributed by atoms with Crippen LogP contribution in [0, 0.1) is 18.3 Å². The molecule has 94 valence electrons. The minimum Gasteiger partial charge on any atom is -0.497 e. The first-order valence-corrected chi connectivity index (χ1v) is 6.40. The molecule has 0 atom stereocenters. The van der Waals surface area contributed by atoms with Crippen LogP contribution in [-0.2, 0) is 0 Å². The molecule has 2 aromatic heterocycles. The maximum atomic E-state index is 8.84. The van der Waals surface area contributed by atoms with Gasteiger partial charge in [0.25, 0.3) is 0 Å². The van der Waals surface area contributed by atoms with E-state index >= 15 is 0 Å². The third-order valence-corrected chi connectivity index (χ3v) is 3.56. The lowest BCUT2D eigenvalue weighted by molar-refractivity contribution is 0.415. The van der Waals surface area contributed by atoms with Gasteiger partial charge in [0.1, 0.15) is 11.8 Å². The largest absolute Gasteiger partial charge is 0.497 e. The van der Waals surface area contributed by atoms with Crippen molar-refractivity contribution in [2.45, 2.75) is 6.92 Å². The van der Waals surface area contributed by atoms with E-state index in [4.69, 9.17) is 10.00 Å². The van der Waals surface area contributed by atoms with Crippen LogP contribution in [0.3, 0.4) is 0 Å². The number of nitrogens with zero attached hydrogens (tertiary/aromatic N) is 3. The Morgan fingerprint density at radius 1 is 1.42 bits per heavy atom. The van der Waals surface area contributed by atoms with E-state index in [9.17, 15) is 0 Å². The highest BCUT2D eigenvalue weighted by molar-refractivity contribution is 7.06. The second-order valence-electron chi connectivity index (χ2n) is 4.07. The molecule has 0 saturated carbocycles. The van der Waals surface area contributed by atoms with E-state index in [1.54, 1.807) is 7.11 Å². The van der Waals surface area contributed by atoms with Crippen molar-refractivity contribution in [2.75, 3.05) is 7.11 Å². The van der Waals surface area contributed by atoms with Crippen molar-refractivity contribution in [1.82, 2.24) is 14.3 Å². The lowest BCUT2D eigenvalue weighted by atomic mass is 10.1. The average molecular weight is 270 g/mol. The molecule has 19 heavy (non-hydrogen) atoms. The van der Waals surface area contributed by atoms with Gasteiger partial charge in [-0.05, 0) is 36.7 Å². The number of ether oxygens (including phenoxy) is 1. The third kappa shape index (κ3) is 1.84. The number of rotatable bonds is 2. The fourth-order valence-electron chi connectivity index (χ4n) is 2.09. The Morgan fingerprint density at radius 2 is 2.26 bits per heavy atom. The van der Waals surface area contributed by atoms with Crippen LogP contribution in [0.25, 0.3) is 22.3 Å². The summed E-state index contributed by atoms with van der Waals surface area (Å²) in [4.78, 5) is 7.51. The van der Waals surface area contributed by atoms with Crippen LogP contribution in [-0.4, -0.2) is 21.5 Å². The van der Waals surface area contributed by atoms with E-state index in [0.717, 1.165) is 39.4 Å². The Hall–Kier alpha value is -2.39. The van der Waals surface area contributed by atoms with E-state index in [1.807, 2.05) is 31.2 Å². The molecule has 5 nitrogen and oxygen atoms in total. The molecule has 1 aromatic carbocycles. The van der Waals surface area contributed by atoms with Crippen molar-refractivity contribution in [3.8, 4) is 23.2 Å². The molecular formula is C13H10N4OS. The van der Waals surface area contributed by atoms with Crippen LogP contribution in [0.2, 0.25) is 0 Å². The van der Waals surface area contributed by atoms with Crippen molar-refractivity contribution in [3.63, 3.8) is 0 Å². The molecular weight excluding hydrogens is 260 g/mol. The monoisotopic (exact) mass is 270 g/mol. The van der Waals surface area contributed by atoms with Crippen LogP contribution < -0.4 is 4.74 Å². The number of hydrogen-bond donors (Lipinski definition) is 1. The number of methoxy groups -OCH3 is 1. The molecule has 0 spiro atoms. The molecule has 1 N–H and O–H groups in total. The van der Waals surface area contributed by atoms with E-state index in [2.05, 4.69) is 14.3 Å². The van der Waals surface area contributed by atoms with Gasteiger partial charge in [0.2, 0.25) is 5.01 Å². The Balaban J connectivity index is 2.27. The summed E-state index contributed by atoms with van der Waals surface area (Å²) < 4.78 is 9.49. The van der Waals surface area contributed by atoms with Crippen LogP contribution in [0.5, 0.6) is 5.75 Å². The molecule has 0 aliphatic heterocycles. The minimum atomic E-state index is 0.367. The summed E-state index contributed by atoms with van der Waals surface area (Å²) in [6.45, 7) is 1.97. The van der Waals surface area contributed by atoms with Gasteiger partial charge in [-0.1, -0.05) is 0 Å². The molecule has 2 heterocycles. The maximum absolute atomic E-state index is 8.84. The smallest absolute Gasteiger partial charge is 0.214 e. The molecule has 6 heteroatoms. The van der Waals surface area contributed by atoms with Gasteiger partial charge in [-0.15, -0.1) is 0 Å². The average Bonchev–Trinajstić information content (AvgIpc) is 3.00. The first kappa shape index (κ1) is 11.7. The van der Waals surface area contributed by atoms with Gasteiger partial charge >= 0.3 is 0 Å². The summed E-state index contributed by atoms with van der Waals surface area (Å²) >= 11 is 1.11. The highest BCUT2D eigenvalue weighted by atomic mass is 32.1. The van der Waals surface area contributed by atoms with Gasteiger partial charge in [-0.3, -0.25) is 0 Å². The molecule has 3 aromatic rings. The summed E-state index contributed by atoms with van der Waals surface area (Å²) in [5, 5.41) is 10.2. The second kappa shape index (κ2) is 4.37. The summed E-state index contributed by atoms with van der Waals surface area (Å²) in [6, 6.07) is 7.82. The first-order valence-electron chi connectivity index (χ1n) is 5.63. The third-order valence-electron chi connectivity index (χ3n) is 2.94. The van der Waals surface area contributed by atoms with Gasteiger partial charge in [-0.25, -0.2) is 4.98 Å². The van der Waals surface area contributed by atoms with Crippen LogP contribution in [0.4, 0.5) is 0 Å². The normalized spacial score (nSPS) is 10.6. The highest BCUT2D eigenvalue weighted by Crippen LogP contribution is 2.33. The van der Waals surface area contributed by atoms with Crippen molar-refractivity contribution in [1.29, 1.82) is 5.26 Å². The van der Waals surface area contributed by atoms with E-state index < -0.39 is 0 Å². The summed E-state index contributed by atoms with van der Waals surface area (Å²) in [7, 11) is 1.63. The quantitative estimate of drug-likeness (QED) is 0.777. The zero-order chi connectivity index (χ0) is 13.4. The molecule has 3 rings (SSSR count). The number of nitriles is 1. The number of nitrogens with one attached hydrogen (secondary N) is 1. The first-order chi connectivity index (χ1) is 9.22. The van der Waals surface area contributed by atoms with Gasteiger partial charge in [-0.2, -0.15) is 9.64 Å². The molecule has 0 aliphatic carbocycles. The number of fused-ring (bicyclic) bond motifs is 1. The Kier molecular flexibility index (Phi) is 2.69. The lowest BCUT2D eigenvalue weighted by Gasteiger charge is -2.00. The predicted octanol–water partition coefficient (Wildman–Crippen LogP) is 2.88.